The van der Waals surface area contributed by atoms with Crippen LogP contribution in [0, 0.1) is 81.8 Å². The number of carbonyl (C=O) groups is 1. The molecule has 11 heteroatoms. The molecule has 4 aliphatic heterocycles. The second-order valence-electron chi connectivity index (χ2n) is 15.4. The third-order valence-corrected chi connectivity index (χ3v) is 19.5. The van der Waals surface area contributed by atoms with Crippen LogP contribution in [0.25, 0.3) is 0 Å². The van der Waals surface area contributed by atoms with Crippen LogP contribution >= 0.6 is 31.9 Å². The van der Waals surface area contributed by atoms with Crippen LogP contribution in [0.1, 0.15) is 0 Å². The largest absolute Gasteiger partial charge is 0.346 e. The Morgan fingerprint density at radius 3 is 1.00 bits per heavy atom. The third-order valence-electron chi connectivity index (χ3n) is 16.3. The molecule has 9 nitrogen and oxygen atoms in total. The summed E-state index contributed by atoms with van der Waals surface area (Å²) in [6.07, 6.45) is 0. The molecule has 12 aliphatic carbocycles. The van der Waals surface area contributed by atoms with E-state index >= 15 is 4.79 Å². The summed E-state index contributed by atoms with van der Waals surface area (Å²) >= 11 is 8.50. The van der Waals surface area contributed by atoms with Crippen molar-refractivity contribution in [1.82, 2.24) is 0 Å². The van der Waals surface area contributed by atoms with E-state index in [1.165, 1.54) is 0 Å². The molecule has 16 aliphatic rings. The van der Waals surface area contributed by atoms with Crippen molar-refractivity contribution in [3.05, 3.63) is 0 Å². The Hall–Kier alpha value is 0.310. The number of alkyl halides is 2. The molecule has 0 aromatic heterocycles. The van der Waals surface area contributed by atoms with E-state index in [9.17, 15) is 0 Å². The van der Waals surface area contributed by atoms with Crippen LogP contribution in [0.15, 0.2) is 0 Å². The molecule has 0 radical (unpaired) electrons. The normalized spacial score (nSPS) is 71.5. The van der Waals surface area contributed by atoms with Gasteiger partial charge in [0.15, 0.2) is 28.9 Å². The minimum atomic E-state index is -0.904. The second-order valence-corrected chi connectivity index (χ2v) is 18.0. The Labute approximate surface area is 246 Å². The fraction of sp³-hybridized carbons (Fsp3) is 0.966. The molecule has 0 aromatic carbocycles. The van der Waals surface area contributed by atoms with Gasteiger partial charge in [-0.05, 0) is 47.3 Å². The van der Waals surface area contributed by atoms with E-state index in [-0.39, 0.29) is 67.8 Å². The first-order valence-electron chi connectivity index (χ1n) is 15.5. The monoisotopic (exact) mass is 678 g/mol. The van der Waals surface area contributed by atoms with E-state index in [0.717, 1.165) is 0 Å². The molecule has 0 N–H and O–H groups in total. The Kier molecular flexibility index (Phi) is 2.96. The van der Waals surface area contributed by atoms with Crippen LogP contribution in [0.4, 0.5) is 0 Å². The number of Topliss-reactive ketones (excluding diaryl/α,β-unsaturated/α-hetero) is 1. The van der Waals surface area contributed by atoms with Crippen molar-refractivity contribution in [3.8, 4) is 0 Å². The first kappa shape index (κ1) is 21.9. The highest BCUT2D eigenvalue weighted by atomic mass is 79.9. The lowest BCUT2D eigenvalue weighted by Gasteiger charge is -2.76. The van der Waals surface area contributed by atoms with Crippen molar-refractivity contribution in [2.75, 3.05) is 52.9 Å². The van der Waals surface area contributed by atoms with Gasteiger partial charge in [-0.2, -0.15) is 0 Å². The molecule has 0 unspecified atom stereocenters. The predicted molar refractivity (Wildman–Crippen MR) is 134 cm³/mol. The van der Waals surface area contributed by atoms with E-state index in [2.05, 4.69) is 31.9 Å². The molecular weight excluding hydrogens is 652 g/mol. The minimum Gasteiger partial charge on any atom is -0.346 e. The molecule has 4 spiro atoms. The first-order chi connectivity index (χ1) is 19.4. The molecule has 12 saturated carbocycles. The van der Waals surface area contributed by atoms with Crippen molar-refractivity contribution in [2.24, 2.45) is 81.8 Å². The average Bonchev–Trinajstić information content (AvgIpc) is 3.80. The molecule has 16 rings (SSSR count). The summed E-state index contributed by atoms with van der Waals surface area (Å²) in [7, 11) is 0. The van der Waals surface area contributed by atoms with Gasteiger partial charge in [0.25, 0.3) is 0 Å². The van der Waals surface area contributed by atoms with Gasteiger partial charge < -0.3 is 37.9 Å². The van der Waals surface area contributed by atoms with Gasteiger partial charge in [-0.1, -0.05) is 31.9 Å². The average molecular weight is 680 g/mol. The molecule has 0 amide bonds. The third kappa shape index (κ3) is 1.28. The molecule has 16 atom stereocenters. The van der Waals surface area contributed by atoms with Crippen LogP contribution in [0.2, 0.25) is 0 Å². The van der Waals surface area contributed by atoms with Gasteiger partial charge in [-0.3, -0.25) is 4.79 Å². The number of carbonyl (C=O) groups excluding carboxylic acids is 1. The fourth-order valence-electron chi connectivity index (χ4n) is 16.9. The molecular formula is C29H28Br2O9. The Balaban J connectivity index is 1.02. The Morgan fingerprint density at radius 2 is 0.650 bits per heavy atom. The van der Waals surface area contributed by atoms with E-state index in [1.54, 1.807) is 0 Å². The van der Waals surface area contributed by atoms with Crippen LogP contribution in [-0.2, 0) is 42.7 Å². The van der Waals surface area contributed by atoms with Gasteiger partial charge in [0, 0.05) is 23.7 Å². The quantitative estimate of drug-likeness (QED) is 0.401. The Morgan fingerprint density at radius 1 is 0.400 bits per heavy atom. The summed E-state index contributed by atoms with van der Waals surface area (Å²) in [6.45, 7) is 4.53. The number of ether oxygens (including phenoxy) is 8. The number of rotatable bonds is 2. The zero-order valence-corrected chi connectivity index (χ0v) is 24.7. The molecule has 40 heavy (non-hydrogen) atoms. The van der Waals surface area contributed by atoms with Crippen molar-refractivity contribution < 1.29 is 42.7 Å². The molecule has 212 valence electrons. The lowest BCUT2D eigenvalue weighted by atomic mass is 9.27. The van der Waals surface area contributed by atoms with Gasteiger partial charge >= 0.3 is 0 Å². The smallest absolute Gasteiger partial charge is 0.188 e. The van der Waals surface area contributed by atoms with Crippen molar-refractivity contribution in [2.45, 2.75) is 31.8 Å². The van der Waals surface area contributed by atoms with E-state index in [0.29, 0.717) is 70.5 Å². The highest BCUT2D eigenvalue weighted by Crippen LogP contribution is 3.06. The van der Waals surface area contributed by atoms with Crippen LogP contribution in [0.5, 0.6) is 0 Å². The van der Waals surface area contributed by atoms with Gasteiger partial charge in [-0.25, -0.2) is 0 Å². The SMILES string of the molecule is O=C([C@]12[C@@H]3[C@H]4[C@H]([C@@H]5[C@@H]1[C@H]3[C@@]4(Br)C51OCCO1)C21OCCO1)[C@]12[C@@H]3[C@H]4[C@H]([C@@H]5[C@@H]1[C@H]3[C@@]4(Br)C51OCCO1)C21OCCO1. The van der Waals surface area contributed by atoms with Gasteiger partial charge in [0.05, 0.1) is 72.3 Å². The number of hydrogen-bond acceptors (Lipinski definition) is 9. The molecule has 4 saturated heterocycles. The fourth-order valence-corrected chi connectivity index (χ4v) is 20.2. The Bertz CT molecular complexity index is 1330. The number of halogens is 2. The number of ketones is 1. The lowest BCUT2D eigenvalue weighted by Crippen LogP contribution is -2.84. The molecule has 8 bridgehead atoms. The summed E-state index contributed by atoms with van der Waals surface area (Å²) in [4.78, 5) is 16.2. The van der Waals surface area contributed by atoms with Crippen LogP contribution in [-0.4, -0.2) is 90.4 Å². The van der Waals surface area contributed by atoms with Gasteiger partial charge in [0.2, 0.25) is 0 Å². The molecule has 16 fully saturated rings. The topological polar surface area (TPSA) is 90.9 Å². The van der Waals surface area contributed by atoms with Gasteiger partial charge in [0.1, 0.15) is 0 Å². The summed E-state index contributed by atoms with van der Waals surface area (Å²) in [5.41, 5.74) is -1.41. The predicted octanol–water partition coefficient (Wildman–Crippen LogP) is 1.30. The van der Waals surface area contributed by atoms with Crippen molar-refractivity contribution >= 4 is 37.6 Å². The maximum absolute atomic E-state index is 16.2. The van der Waals surface area contributed by atoms with E-state index < -0.39 is 34.0 Å². The van der Waals surface area contributed by atoms with Crippen LogP contribution in [0.3, 0.4) is 0 Å². The zero-order chi connectivity index (χ0) is 25.8. The zero-order valence-electron chi connectivity index (χ0n) is 21.5. The maximum Gasteiger partial charge on any atom is 0.188 e. The highest BCUT2D eigenvalue weighted by molar-refractivity contribution is 9.10. The first-order valence-corrected chi connectivity index (χ1v) is 17.1. The summed E-state index contributed by atoms with van der Waals surface area (Å²) in [6, 6.07) is 0. The second kappa shape index (κ2) is 5.41. The van der Waals surface area contributed by atoms with Gasteiger partial charge in [-0.15, -0.1) is 0 Å². The van der Waals surface area contributed by atoms with Crippen molar-refractivity contribution in [3.63, 3.8) is 0 Å². The minimum absolute atomic E-state index is 0.0997. The van der Waals surface area contributed by atoms with Crippen LogP contribution < -0.4 is 0 Å². The molecule has 4 heterocycles. The summed E-state index contributed by atoms with van der Waals surface area (Å²) in [5, 5.41) is 0. The maximum atomic E-state index is 16.2. The summed E-state index contributed by atoms with van der Waals surface area (Å²) in [5.74, 6) is -0.551. The number of hydrogen-bond donors (Lipinski definition) is 0. The highest BCUT2D eigenvalue weighted by Gasteiger charge is 3.15. The molecule has 0 aromatic rings. The van der Waals surface area contributed by atoms with E-state index in [4.69, 9.17) is 37.9 Å². The lowest BCUT2D eigenvalue weighted by molar-refractivity contribution is -0.321. The standard InChI is InChI=1S/C29H28Br2O9/c30-24-13-9-15(24)19-17(28(24)37-5-6-38-28)11(13)22(9,26(19)33-1-2-34-26)21(32)23-10-14-12(23)18-20(27(23)35-3-4-36-27)16(10)25(14,31)29(18)39-7-8-40-29/h9-20H,1-8H2/t9-,10-,11-,12-,13-,14-,15-,16-,17-,18-,19+,20+,22-,23-,24-,25-/m0/s1. The van der Waals surface area contributed by atoms with E-state index in [1.807, 2.05) is 0 Å². The van der Waals surface area contributed by atoms with Crippen molar-refractivity contribution in [1.29, 1.82) is 0 Å². The summed E-state index contributed by atoms with van der Waals surface area (Å²) < 4.78 is 52.9.